The van der Waals surface area contributed by atoms with Gasteiger partial charge >= 0.3 is 23.6 Å². The molecule has 3 aromatic rings. The number of halogens is 3. The van der Waals surface area contributed by atoms with E-state index in [1.165, 1.54) is 36.4 Å². The lowest BCUT2D eigenvalue weighted by atomic mass is 10.1. The van der Waals surface area contributed by atoms with E-state index < -0.39 is 60.2 Å². The molecule has 2 heterocycles. The van der Waals surface area contributed by atoms with Crippen LogP contribution in [0.2, 0.25) is 0 Å². The van der Waals surface area contributed by atoms with Gasteiger partial charge in [0.2, 0.25) is 6.23 Å². The molecule has 35 heavy (non-hydrogen) atoms. The molecule has 0 spiro atoms. The van der Waals surface area contributed by atoms with Crippen LogP contribution in [-0.4, -0.2) is 46.2 Å². The van der Waals surface area contributed by atoms with Gasteiger partial charge in [-0.3, -0.25) is 4.57 Å². The first-order valence-corrected chi connectivity index (χ1v) is 10.2. The molecular weight excluding hydrogens is 471 g/mol. The van der Waals surface area contributed by atoms with Gasteiger partial charge in [-0.25, -0.2) is 18.8 Å². The molecule has 12 heteroatoms. The number of carbonyl (C=O) groups is 2. The van der Waals surface area contributed by atoms with Gasteiger partial charge in [-0.2, -0.15) is 13.8 Å². The van der Waals surface area contributed by atoms with Gasteiger partial charge in [-0.15, -0.1) is 0 Å². The van der Waals surface area contributed by atoms with Crippen molar-refractivity contribution in [2.24, 2.45) is 0 Å². The van der Waals surface area contributed by atoms with Crippen molar-refractivity contribution in [2.75, 3.05) is 12.3 Å². The number of alkyl halides is 2. The number of benzene rings is 2. The van der Waals surface area contributed by atoms with Crippen molar-refractivity contribution in [3.8, 4) is 0 Å². The third kappa shape index (κ3) is 4.87. The lowest BCUT2D eigenvalue weighted by Crippen LogP contribution is -2.45. The van der Waals surface area contributed by atoms with Crippen LogP contribution in [0.3, 0.4) is 0 Å². The van der Waals surface area contributed by atoms with E-state index in [0.717, 1.165) is 0 Å². The molecular formula is C23H18F3N3O6. The number of esters is 2. The first-order chi connectivity index (χ1) is 16.7. The second-order valence-corrected chi connectivity index (χ2v) is 7.52. The van der Waals surface area contributed by atoms with Crippen LogP contribution in [0.25, 0.3) is 0 Å². The number of nitrogens with zero attached hydrogens (tertiary/aromatic N) is 2. The number of nitrogen functional groups attached to an aromatic ring is 1. The van der Waals surface area contributed by atoms with Gasteiger partial charge in [0.15, 0.2) is 17.7 Å². The Hall–Kier alpha value is -4.19. The summed E-state index contributed by atoms with van der Waals surface area (Å²) in [4.78, 5) is 40.2. The number of ether oxygens (including phenoxy) is 3. The molecule has 3 atom stereocenters. The van der Waals surface area contributed by atoms with Gasteiger partial charge in [-0.1, -0.05) is 36.4 Å². The van der Waals surface area contributed by atoms with Crippen molar-refractivity contribution < 1.29 is 37.0 Å². The van der Waals surface area contributed by atoms with Gasteiger partial charge in [0.05, 0.1) is 17.3 Å². The number of carbonyl (C=O) groups excluding carboxylic acids is 2. The Labute approximate surface area is 195 Å². The largest absolute Gasteiger partial charge is 0.459 e. The van der Waals surface area contributed by atoms with E-state index in [0.29, 0.717) is 6.20 Å². The van der Waals surface area contributed by atoms with E-state index in [1.54, 1.807) is 24.3 Å². The predicted molar refractivity (Wildman–Crippen MR) is 114 cm³/mol. The Bertz CT molecular complexity index is 1290. The molecule has 1 saturated heterocycles. The average Bonchev–Trinajstić information content (AvgIpc) is 3.10. The summed E-state index contributed by atoms with van der Waals surface area (Å²) in [6.07, 6.45) is -6.01. The molecule has 0 saturated carbocycles. The lowest BCUT2D eigenvalue weighted by molar-refractivity contribution is -0.143. The van der Waals surface area contributed by atoms with Crippen molar-refractivity contribution in [3.63, 3.8) is 0 Å². The predicted octanol–water partition coefficient (Wildman–Crippen LogP) is 2.58. The van der Waals surface area contributed by atoms with E-state index >= 15 is 8.78 Å². The molecule has 4 rings (SSSR count). The molecule has 0 amide bonds. The molecule has 0 radical (unpaired) electrons. The minimum absolute atomic E-state index is 0.0239. The molecule has 2 aromatic carbocycles. The Morgan fingerprint density at radius 3 is 2.20 bits per heavy atom. The van der Waals surface area contributed by atoms with Crippen molar-refractivity contribution in [1.82, 2.24) is 9.55 Å². The van der Waals surface area contributed by atoms with E-state index in [-0.39, 0.29) is 15.7 Å². The zero-order valence-electron chi connectivity index (χ0n) is 17.8. The van der Waals surface area contributed by atoms with E-state index in [1.807, 2.05) is 0 Å². The number of anilines is 1. The van der Waals surface area contributed by atoms with E-state index in [2.05, 4.69) is 4.98 Å². The topological polar surface area (TPSA) is 123 Å². The third-order valence-electron chi connectivity index (χ3n) is 5.17. The molecule has 0 aliphatic carbocycles. The SMILES string of the molecule is Nc1nc(=O)n(C2OC(COC(=O)c3ccccc3)C(OC(=O)c3ccccc3)C2(F)F)cc1F. The van der Waals surface area contributed by atoms with Crippen LogP contribution in [0, 0.1) is 5.82 Å². The molecule has 2 N–H and O–H groups in total. The highest BCUT2D eigenvalue weighted by Crippen LogP contribution is 2.44. The molecule has 9 nitrogen and oxygen atoms in total. The number of rotatable bonds is 6. The van der Waals surface area contributed by atoms with Crippen molar-refractivity contribution in [3.05, 3.63) is 94.3 Å². The molecule has 3 unspecified atom stereocenters. The highest BCUT2D eigenvalue weighted by Gasteiger charge is 2.63. The first-order valence-electron chi connectivity index (χ1n) is 10.2. The van der Waals surface area contributed by atoms with Crippen molar-refractivity contribution >= 4 is 17.8 Å². The van der Waals surface area contributed by atoms with Gasteiger partial charge in [0.25, 0.3) is 0 Å². The van der Waals surface area contributed by atoms with Crippen LogP contribution in [0.4, 0.5) is 19.0 Å². The fourth-order valence-electron chi connectivity index (χ4n) is 3.45. The summed E-state index contributed by atoms with van der Waals surface area (Å²) in [6, 6.07) is 15.0. The molecule has 1 aliphatic heterocycles. The van der Waals surface area contributed by atoms with Gasteiger partial charge in [-0.05, 0) is 24.3 Å². The Kier molecular flexibility index (Phi) is 6.56. The molecule has 1 aromatic heterocycles. The summed E-state index contributed by atoms with van der Waals surface area (Å²) in [6.45, 7) is -0.758. The molecule has 0 bridgehead atoms. The van der Waals surface area contributed by atoms with Gasteiger partial charge in [0.1, 0.15) is 12.7 Å². The second kappa shape index (κ2) is 9.58. The molecule has 1 aliphatic rings. The van der Waals surface area contributed by atoms with Crippen LogP contribution < -0.4 is 11.4 Å². The summed E-state index contributed by atoms with van der Waals surface area (Å²) in [5.41, 5.74) is 4.03. The summed E-state index contributed by atoms with van der Waals surface area (Å²) < 4.78 is 60.5. The van der Waals surface area contributed by atoms with Gasteiger partial charge in [0, 0.05) is 0 Å². The summed E-state index contributed by atoms with van der Waals surface area (Å²) >= 11 is 0. The van der Waals surface area contributed by atoms with E-state index in [9.17, 15) is 18.8 Å². The normalized spacial score (nSPS) is 20.8. The van der Waals surface area contributed by atoms with Crippen LogP contribution in [0.15, 0.2) is 71.7 Å². The highest BCUT2D eigenvalue weighted by atomic mass is 19.3. The quantitative estimate of drug-likeness (QED) is 0.525. The third-order valence-corrected chi connectivity index (χ3v) is 5.17. The summed E-state index contributed by atoms with van der Waals surface area (Å²) in [5, 5.41) is 0. The maximum Gasteiger partial charge on any atom is 0.352 e. The lowest BCUT2D eigenvalue weighted by Gasteiger charge is -2.24. The average molecular weight is 489 g/mol. The smallest absolute Gasteiger partial charge is 0.352 e. The fraction of sp³-hybridized carbons (Fsp3) is 0.217. The number of nitrogens with two attached hydrogens (primary N) is 1. The van der Waals surface area contributed by atoms with Crippen molar-refractivity contribution in [1.29, 1.82) is 0 Å². The number of hydrogen-bond donors (Lipinski definition) is 1. The van der Waals surface area contributed by atoms with Crippen LogP contribution >= 0.6 is 0 Å². The highest BCUT2D eigenvalue weighted by molar-refractivity contribution is 5.90. The van der Waals surface area contributed by atoms with Crippen LogP contribution in [-0.2, 0) is 14.2 Å². The van der Waals surface area contributed by atoms with E-state index in [4.69, 9.17) is 19.9 Å². The minimum atomic E-state index is -4.05. The fourth-order valence-corrected chi connectivity index (χ4v) is 3.45. The van der Waals surface area contributed by atoms with Crippen LogP contribution in [0.1, 0.15) is 26.9 Å². The van der Waals surface area contributed by atoms with Crippen LogP contribution in [0.5, 0.6) is 0 Å². The Morgan fingerprint density at radius 2 is 1.60 bits per heavy atom. The number of hydrogen-bond acceptors (Lipinski definition) is 8. The summed E-state index contributed by atoms with van der Waals surface area (Å²) in [5.74, 6) is -8.02. The molecule has 182 valence electrons. The van der Waals surface area contributed by atoms with Crippen molar-refractivity contribution in [2.45, 2.75) is 24.4 Å². The summed E-state index contributed by atoms with van der Waals surface area (Å²) in [7, 11) is 0. The second-order valence-electron chi connectivity index (χ2n) is 7.52. The number of aromatic nitrogens is 2. The zero-order chi connectivity index (χ0) is 25.2. The first kappa shape index (κ1) is 24.0. The Balaban J connectivity index is 1.63. The molecule has 1 fully saturated rings. The Morgan fingerprint density at radius 1 is 1.03 bits per heavy atom. The monoisotopic (exact) mass is 489 g/mol. The van der Waals surface area contributed by atoms with Gasteiger partial charge < -0.3 is 19.9 Å². The zero-order valence-corrected chi connectivity index (χ0v) is 17.8. The maximum absolute atomic E-state index is 15.5. The maximum atomic E-state index is 15.5. The standard InChI is InChI=1S/C23H18F3N3O6/c24-15-11-29(22(32)28-18(15)27)21-23(25,26)17(35-20(31)14-9-5-2-6-10-14)16(34-21)12-33-19(30)13-7-3-1-4-8-13/h1-11,16-17,21H,12H2,(H2,27,28,32). The minimum Gasteiger partial charge on any atom is -0.459 e.